The summed E-state index contributed by atoms with van der Waals surface area (Å²) in [5.41, 5.74) is 8.87. The molecule has 0 radical (unpaired) electrons. The molecule has 10 heteroatoms. The molecule has 1 aromatic heterocycles. The Balaban J connectivity index is 2.10. The molecule has 2 amide bonds. The molecule has 0 spiro atoms. The maximum Gasteiger partial charge on any atom is 0.412 e. The van der Waals surface area contributed by atoms with Crippen molar-refractivity contribution < 1.29 is 19.1 Å². The highest BCUT2D eigenvalue weighted by molar-refractivity contribution is 6.13. The Morgan fingerprint density at radius 3 is 2.27 bits per heavy atom. The second-order valence-electron chi connectivity index (χ2n) is 6.37. The van der Waals surface area contributed by atoms with Crippen molar-refractivity contribution in [1.82, 2.24) is 4.98 Å². The van der Waals surface area contributed by atoms with Gasteiger partial charge in [-0.25, -0.2) is 19.6 Å². The van der Waals surface area contributed by atoms with Crippen LogP contribution in [0.25, 0.3) is 0 Å². The Morgan fingerprint density at radius 1 is 1.07 bits per heavy atom. The molecule has 2 aromatic rings. The molecule has 1 aromatic carbocycles. The van der Waals surface area contributed by atoms with Gasteiger partial charge in [0.15, 0.2) is 11.6 Å². The Hall–Kier alpha value is -3.82. The highest BCUT2D eigenvalue weighted by Crippen LogP contribution is 2.44. The number of amides is 2. The second kappa shape index (κ2) is 9.12. The van der Waals surface area contributed by atoms with Gasteiger partial charge in [0, 0.05) is 0 Å². The van der Waals surface area contributed by atoms with Crippen molar-refractivity contribution in [1.29, 1.82) is 0 Å². The lowest BCUT2D eigenvalue weighted by atomic mass is 10.0. The molecule has 0 fully saturated rings. The third-order valence-corrected chi connectivity index (χ3v) is 4.27. The summed E-state index contributed by atoms with van der Waals surface area (Å²) in [6.07, 6.45) is -1.41. The minimum atomic E-state index is -0.712. The first-order chi connectivity index (χ1) is 14.4. The Morgan fingerprint density at radius 2 is 1.67 bits per heavy atom. The number of hydrogen-bond acceptors (Lipinski definition) is 8. The summed E-state index contributed by atoms with van der Waals surface area (Å²) in [6.45, 7) is 5.68. The number of carbonyl (C=O) groups is 2. The molecular formula is C20H24N6O4. The van der Waals surface area contributed by atoms with Crippen molar-refractivity contribution in [3.05, 3.63) is 35.9 Å². The molecule has 0 saturated heterocycles. The van der Waals surface area contributed by atoms with Crippen LogP contribution in [0.1, 0.15) is 26.3 Å². The van der Waals surface area contributed by atoms with Gasteiger partial charge in [-0.3, -0.25) is 10.6 Å². The molecule has 1 unspecified atom stereocenters. The van der Waals surface area contributed by atoms with Gasteiger partial charge in [0.2, 0.25) is 0 Å². The smallest absolute Gasteiger partial charge is 0.412 e. The van der Waals surface area contributed by atoms with Gasteiger partial charge in [-0.2, -0.15) is 0 Å². The van der Waals surface area contributed by atoms with E-state index in [1.807, 2.05) is 37.3 Å². The number of pyridine rings is 1. The van der Waals surface area contributed by atoms with Crippen LogP contribution in [0.5, 0.6) is 0 Å². The van der Waals surface area contributed by atoms with Crippen molar-refractivity contribution in [3.63, 3.8) is 0 Å². The van der Waals surface area contributed by atoms with E-state index in [-0.39, 0.29) is 36.6 Å². The van der Waals surface area contributed by atoms with Crippen LogP contribution in [0.15, 0.2) is 35.3 Å². The number of aromatic nitrogens is 1. The number of fused-ring (bicyclic) bond motifs is 1. The predicted octanol–water partition coefficient (Wildman–Crippen LogP) is 3.74. The first kappa shape index (κ1) is 20.9. The minimum absolute atomic E-state index is 0.0389. The van der Waals surface area contributed by atoms with Crippen LogP contribution in [0.3, 0.4) is 0 Å². The fraction of sp³-hybridized carbons (Fsp3) is 0.300. The molecule has 2 heterocycles. The van der Waals surface area contributed by atoms with Crippen LogP contribution in [0, 0.1) is 0 Å². The number of anilines is 4. The molecule has 30 heavy (non-hydrogen) atoms. The van der Waals surface area contributed by atoms with E-state index in [0.29, 0.717) is 11.4 Å². The van der Waals surface area contributed by atoms with E-state index in [1.54, 1.807) is 13.8 Å². The van der Waals surface area contributed by atoms with Gasteiger partial charge in [-0.05, 0) is 26.3 Å². The Bertz CT molecular complexity index is 977. The number of nitrogens with one attached hydrogen (secondary N) is 3. The molecule has 1 atom stereocenters. The Kier molecular flexibility index (Phi) is 6.35. The molecule has 0 bridgehead atoms. The van der Waals surface area contributed by atoms with E-state index >= 15 is 0 Å². The normalized spacial score (nSPS) is 14.6. The van der Waals surface area contributed by atoms with Crippen LogP contribution in [-0.2, 0) is 9.47 Å². The monoisotopic (exact) mass is 412 g/mol. The first-order valence-corrected chi connectivity index (χ1v) is 9.56. The van der Waals surface area contributed by atoms with Crippen molar-refractivity contribution >= 4 is 46.6 Å². The molecular weight excluding hydrogens is 388 g/mol. The van der Waals surface area contributed by atoms with Gasteiger partial charge in [0.1, 0.15) is 11.4 Å². The van der Waals surface area contributed by atoms with E-state index in [2.05, 4.69) is 20.9 Å². The topological polar surface area (TPSA) is 140 Å². The summed E-state index contributed by atoms with van der Waals surface area (Å²) in [6, 6.07) is 9.44. The number of benzene rings is 1. The van der Waals surface area contributed by atoms with Crippen LogP contribution in [0.4, 0.5) is 38.3 Å². The van der Waals surface area contributed by atoms with Crippen LogP contribution in [0.2, 0.25) is 0 Å². The lowest BCUT2D eigenvalue weighted by Gasteiger charge is -2.27. The second-order valence-corrected chi connectivity index (χ2v) is 6.37. The highest BCUT2D eigenvalue weighted by Gasteiger charge is 2.28. The van der Waals surface area contributed by atoms with Crippen LogP contribution < -0.4 is 21.7 Å². The van der Waals surface area contributed by atoms with E-state index in [0.717, 1.165) is 11.3 Å². The first-order valence-electron chi connectivity index (χ1n) is 9.56. The van der Waals surface area contributed by atoms with Crippen LogP contribution in [-0.4, -0.2) is 42.1 Å². The van der Waals surface area contributed by atoms with E-state index in [4.69, 9.17) is 20.2 Å². The molecule has 0 aliphatic carbocycles. The quantitative estimate of drug-likeness (QED) is 0.586. The van der Waals surface area contributed by atoms with Crippen molar-refractivity contribution in [2.75, 3.05) is 34.9 Å². The molecule has 3 rings (SSSR count). The maximum absolute atomic E-state index is 12.0. The summed E-state index contributed by atoms with van der Waals surface area (Å²) in [4.78, 5) is 32.9. The molecule has 1 aliphatic rings. The lowest BCUT2D eigenvalue weighted by molar-refractivity contribution is 0.167. The average molecular weight is 412 g/mol. The maximum atomic E-state index is 12.0. The molecule has 10 nitrogen and oxygen atoms in total. The van der Waals surface area contributed by atoms with Crippen LogP contribution >= 0.6 is 0 Å². The zero-order chi connectivity index (χ0) is 21.7. The fourth-order valence-electron chi connectivity index (χ4n) is 2.98. The third-order valence-electron chi connectivity index (χ3n) is 4.27. The van der Waals surface area contributed by atoms with E-state index < -0.39 is 12.2 Å². The SMILES string of the molecule is CCOC(=O)Nc1nc(NC(=O)OCC)c2c(c1N)NC(C)C(c1ccccc1)=N2. The Labute approximate surface area is 173 Å². The zero-order valence-corrected chi connectivity index (χ0v) is 17.0. The molecule has 5 N–H and O–H groups in total. The van der Waals surface area contributed by atoms with Crippen molar-refractivity contribution in [3.8, 4) is 0 Å². The lowest BCUT2D eigenvalue weighted by Crippen LogP contribution is -2.31. The van der Waals surface area contributed by atoms with E-state index in [9.17, 15) is 9.59 Å². The number of nitrogen functional groups attached to an aromatic ring is 1. The number of nitrogens with two attached hydrogens (primary N) is 1. The summed E-state index contributed by atoms with van der Waals surface area (Å²) in [5, 5.41) is 8.34. The summed E-state index contributed by atoms with van der Waals surface area (Å²) < 4.78 is 9.85. The number of ether oxygens (including phenoxy) is 2. The number of carbonyl (C=O) groups excluding carboxylic acids is 2. The number of hydrogen-bond donors (Lipinski definition) is 4. The molecule has 0 saturated carbocycles. The summed E-state index contributed by atoms with van der Waals surface area (Å²) >= 11 is 0. The van der Waals surface area contributed by atoms with Gasteiger partial charge in [0.25, 0.3) is 0 Å². The number of nitrogens with zero attached hydrogens (tertiary/aromatic N) is 2. The standard InChI is InChI=1S/C20H24N6O4/c1-4-29-19(27)25-17-13(21)15-16(18(24-17)26-20(28)30-5-2)23-14(11(3)22-15)12-9-7-6-8-10-12/h6-11,22H,4-5,21H2,1-3H3,(H2,24,25,26,27,28). The van der Waals surface area contributed by atoms with Gasteiger partial charge in [-0.15, -0.1) is 0 Å². The fourth-order valence-corrected chi connectivity index (χ4v) is 2.98. The molecule has 158 valence electrons. The zero-order valence-electron chi connectivity index (χ0n) is 17.0. The van der Waals surface area contributed by atoms with Crippen molar-refractivity contribution in [2.24, 2.45) is 4.99 Å². The average Bonchev–Trinajstić information content (AvgIpc) is 2.72. The highest BCUT2D eigenvalue weighted by atomic mass is 16.6. The summed E-state index contributed by atoms with van der Waals surface area (Å²) in [5.74, 6) is 0.134. The molecule has 1 aliphatic heterocycles. The van der Waals surface area contributed by atoms with Gasteiger partial charge in [0.05, 0.1) is 30.7 Å². The van der Waals surface area contributed by atoms with Gasteiger partial charge in [-0.1, -0.05) is 30.3 Å². The number of rotatable bonds is 5. The minimum Gasteiger partial charge on any atom is -0.450 e. The summed E-state index contributed by atoms with van der Waals surface area (Å²) in [7, 11) is 0. The predicted molar refractivity (Wildman–Crippen MR) is 116 cm³/mol. The van der Waals surface area contributed by atoms with Crippen molar-refractivity contribution in [2.45, 2.75) is 26.8 Å². The van der Waals surface area contributed by atoms with Gasteiger partial charge >= 0.3 is 12.2 Å². The number of aliphatic imine (C=N–C) groups is 1. The largest absolute Gasteiger partial charge is 0.450 e. The van der Waals surface area contributed by atoms with E-state index in [1.165, 1.54) is 0 Å². The third kappa shape index (κ3) is 4.43. The van der Waals surface area contributed by atoms with Gasteiger partial charge < -0.3 is 20.5 Å².